The number of benzene rings is 1. The van der Waals surface area contributed by atoms with Gasteiger partial charge in [0.2, 0.25) is 0 Å². The maximum atomic E-state index is 11.1. The van der Waals surface area contributed by atoms with Gasteiger partial charge in [-0.1, -0.05) is 42.2 Å². The molecule has 0 bridgehead atoms. The van der Waals surface area contributed by atoms with Crippen molar-refractivity contribution >= 4 is 44.2 Å². The number of nitrogens with one attached hydrogen (secondary N) is 1. The number of rotatable bonds is 1. The Morgan fingerprint density at radius 1 is 1.36 bits per heavy atom. The summed E-state index contributed by atoms with van der Waals surface area (Å²) in [6.07, 6.45) is 0. The van der Waals surface area contributed by atoms with E-state index >= 15 is 0 Å². The summed E-state index contributed by atoms with van der Waals surface area (Å²) in [5.74, 6) is 0. The number of thiocarbonyl (C=S) groups is 1. The molecule has 72 valence electrons. The van der Waals surface area contributed by atoms with Gasteiger partial charge >= 0.3 is 0 Å². The molecule has 0 amide bonds. The van der Waals surface area contributed by atoms with E-state index < -0.39 is 11.0 Å². The van der Waals surface area contributed by atoms with Crippen molar-refractivity contribution in [1.29, 1.82) is 0 Å². The number of nitrogens with zero attached hydrogens (tertiary/aromatic N) is 1. The Bertz CT molecular complexity index is 416. The molecule has 1 aromatic rings. The maximum Gasteiger partial charge on any atom is 0.180 e. The number of thioether (sulfide) groups is 1. The molecule has 0 fully saturated rings. The third-order valence-electron chi connectivity index (χ3n) is 1.53. The second-order valence-electron chi connectivity index (χ2n) is 2.48. The van der Waals surface area contributed by atoms with Crippen molar-refractivity contribution in [2.24, 2.45) is 5.10 Å². The minimum absolute atomic E-state index is 0.374. The second-order valence-corrected chi connectivity index (χ2v) is 5.34. The summed E-state index contributed by atoms with van der Waals surface area (Å²) in [6, 6.07) is 9.72. The fourth-order valence-electron chi connectivity index (χ4n) is 0.914. The quantitative estimate of drug-likeness (QED) is 0.762. The SMILES string of the molecule is O=S1NN=C(Sc2ccccc2)C1=S. The van der Waals surface area contributed by atoms with Gasteiger partial charge in [0.1, 0.15) is 0 Å². The van der Waals surface area contributed by atoms with Crippen LogP contribution >= 0.6 is 24.0 Å². The summed E-state index contributed by atoms with van der Waals surface area (Å²) in [4.78, 5) is 3.47. The Labute approximate surface area is 93.6 Å². The van der Waals surface area contributed by atoms with Crippen LogP contribution in [0.15, 0.2) is 40.3 Å². The zero-order valence-electron chi connectivity index (χ0n) is 6.97. The first-order valence-electron chi connectivity index (χ1n) is 3.80. The van der Waals surface area contributed by atoms with Gasteiger partial charge in [-0.05, 0) is 12.1 Å². The molecule has 2 rings (SSSR count). The van der Waals surface area contributed by atoms with E-state index in [1.807, 2.05) is 30.3 Å². The number of hydrogen-bond acceptors (Lipinski definition) is 4. The van der Waals surface area contributed by atoms with Gasteiger partial charge in [0.25, 0.3) is 0 Å². The highest BCUT2D eigenvalue weighted by Crippen LogP contribution is 2.22. The summed E-state index contributed by atoms with van der Waals surface area (Å²) in [6.45, 7) is 0. The molecule has 0 saturated carbocycles. The molecule has 1 atom stereocenters. The highest BCUT2D eigenvalue weighted by Gasteiger charge is 2.21. The van der Waals surface area contributed by atoms with Gasteiger partial charge in [0, 0.05) is 4.90 Å². The molecular weight excluding hydrogens is 236 g/mol. The van der Waals surface area contributed by atoms with Crippen LogP contribution in [0.4, 0.5) is 0 Å². The lowest BCUT2D eigenvalue weighted by Crippen LogP contribution is -2.11. The van der Waals surface area contributed by atoms with Gasteiger partial charge in [-0.2, -0.15) is 5.10 Å². The Hall–Kier alpha value is -0.720. The van der Waals surface area contributed by atoms with Crippen molar-refractivity contribution in [1.82, 2.24) is 4.83 Å². The average molecular weight is 242 g/mol. The fraction of sp³-hybridized carbons (Fsp3) is 0. The largest absolute Gasteiger partial charge is 0.229 e. The molecular formula is C8H6N2OS3. The Kier molecular flexibility index (Phi) is 2.95. The summed E-state index contributed by atoms with van der Waals surface area (Å²) < 4.78 is 11.5. The van der Waals surface area contributed by atoms with Crippen molar-refractivity contribution in [2.75, 3.05) is 0 Å². The Balaban J connectivity index is 2.14. The normalized spacial score (nSPS) is 20.4. The number of hydrazone groups is 1. The summed E-state index contributed by atoms with van der Waals surface area (Å²) >= 11 is 6.36. The number of hydrogen-bond donors (Lipinski definition) is 1. The lowest BCUT2D eigenvalue weighted by atomic mass is 10.4. The molecule has 1 aliphatic heterocycles. The smallest absolute Gasteiger partial charge is 0.180 e. The third-order valence-corrected chi connectivity index (χ3v) is 4.22. The highest BCUT2D eigenvalue weighted by atomic mass is 32.2. The first-order chi connectivity index (χ1) is 6.77. The predicted octanol–water partition coefficient (Wildman–Crippen LogP) is 1.69. The highest BCUT2D eigenvalue weighted by molar-refractivity contribution is 8.26. The first-order valence-corrected chi connectivity index (χ1v) is 6.17. The van der Waals surface area contributed by atoms with Crippen LogP contribution in [0.5, 0.6) is 0 Å². The third kappa shape index (κ3) is 2.02. The van der Waals surface area contributed by atoms with E-state index in [4.69, 9.17) is 12.2 Å². The van der Waals surface area contributed by atoms with Crippen LogP contribution in [0, 0.1) is 0 Å². The van der Waals surface area contributed by atoms with Crippen LogP contribution in [0.3, 0.4) is 0 Å². The van der Waals surface area contributed by atoms with Gasteiger partial charge < -0.3 is 0 Å². The molecule has 6 heteroatoms. The van der Waals surface area contributed by atoms with Crippen molar-refractivity contribution < 1.29 is 4.21 Å². The topological polar surface area (TPSA) is 41.5 Å². The van der Waals surface area contributed by atoms with Crippen LogP contribution < -0.4 is 4.83 Å². The molecule has 0 aliphatic carbocycles. The average Bonchev–Trinajstić information content (AvgIpc) is 2.52. The van der Waals surface area contributed by atoms with Crippen molar-refractivity contribution in [3.63, 3.8) is 0 Å². The molecule has 3 nitrogen and oxygen atoms in total. The molecule has 0 spiro atoms. The minimum Gasteiger partial charge on any atom is -0.229 e. The van der Waals surface area contributed by atoms with E-state index in [1.165, 1.54) is 11.8 Å². The van der Waals surface area contributed by atoms with Crippen LogP contribution in [-0.2, 0) is 11.0 Å². The molecule has 1 aliphatic rings. The molecule has 1 heterocycles. The van der Waals surface area contributed by atoms with Crippen molar-refractivity contribution in [2.45, 2.75) is 4.90 Å². The first kappa shape index (κ1) is 9.82. The van der Waals surface area contributed by atoms with E-state index in [1.54, 1.807) is 0 Å². The van der Waals surface area contributed by atoms with Gasteiger partial charge in [-0.15, -0.1) is 0 Å². The molecule has 0 radical (unpaired) electrons. The van der Waals surface area contributed by atoms with Crippen LogP contribution in [0.2, 0.25) is 0 Å². The molecule has 1 unspecified atom stereocenters. The molecule has 0 saturated heterocycles. The summed E-state index contributed by atoms with van der Waals surface area (Å²) in [7, 11) is -1.31. The minimum atomic E-state index is -1.31. The zero-order chi connectivity index (χ0) is 9.97. The second kappa shape index (κ2) is 4.20. The molecule has 1 N–H and O–H groups in total. The van der Waals surface area contributed by atoms with Gasteiger partial charge in [0.05, 0.1) is 0 Å². The van der Waals surface area contributed by atoms with Crippen LogP contribution in [0.1, 0.15) is 0 Å². The monoisotopic (exact) mass is 242 g/mol. The van der Waals surface area contributed by atoms with Gasteiger partial charge in [0.15, 0.2) is 20.2 Å². The fourth-order valence-corrected chi connectivity index (χ4v) is 2.76. The van der Waals surface area contributed by atoms with E-state index in [0.29, 0.717) is 9.24 Å². The lowest BCUT2D eigenvalue weighted by Gasteiger charge is -1.97. The van der Waals surface area contributed by atoms with Crippen molar-refractivity contribution in [3.8, 4) is 0 Å². The van der Waals surface area contributed by atoms with Crippen molar-refractivity contribution in [3.05, 3.63) is 30.3 Å². The zero-order valence-corrected chi connectivity index (χ0v) is 9.42. The van der Waals surface area contributed by atoms with E-state index in [0.717, 1.165) is 4.90 Å². The molecule has 1 aromatic carbocycles. The standard InChI is InChI=1S/C8H6N2OS3/c11-14-8(12)7(9-10-14)13-6-4-2-1-3-5-6/h1-5,10H. The predicted molar refractivity (Wildman–Crippen MR) is 63.6 cm³/mol. The molecule has 14 heavy (non-hydrogen) atoms. The van der Waals surface area contributed by atoms with Crippen LogP contribution in [-0.4, -0.2) is 13.4 Å². The summed E-state index contributed by atoms with van der Waals surface area (Å²) in [5, 5.41) is 4.50. The lowest BCUT2D eigenvalue weighted by molar-refractivity contribution is 0.684. The maximum absolute atomic E-state index is 11.1. The van der Waals surface area contributed by atoms with Crippen LogP contribution in [0.25, 0.3) is 0 Å². The van der Waals surface area contributed by atoms with E-state index in [-0.39, 0.29) is 0 Å². The van der Waals surface area contributed by atoms with E-state index in [2.05, 4.69) is 9.93 Å². The summed E-state index contributed by atoms with van der Waals surface area (Å²) in [5.41, 5.74) is 0. The Morgan fingerprint density at radius 3 is 2.64 bits per heavy atom. The van der Waals surface area contributed by atoms with Gasteiger partial charge in [-0.25, -0.2) is 9.04 Å². The van der Waals surface area contributed by atoms with E-state index in [9.17, 15) is 4.21 Å². The molecule has 0 aromatic heterocycles. The van der Waals surface area contributed by atoms with Gasteiger partial charge in [-0.3, -0.25) is 0 Å². The Morgan fingerprint density at radius 2 is 2.07 bits per heavy atom.